The van der Waals surface area contributed by atoms with Gasteiger partial charge >= 0.3 is 0 Å². The first kappa shape index (κ1) is 12.6. The van der Waals surface area contributed by atoms with Crippen LogP contribution >= 0.6 is 15.9 Å². The Hall–Kier alpha value is -1.89. The van der Waals surface area contributed by atoms with Gasteiger partial charge in [-0.3, -0.25) is 10.1 Å². The molecule has 0 unspecified atom stereocenters. The molecule has 5 nitrogen and oxygen atoms in total. The Morgan fingerprint density at radius 1 is 1.44 bits per heavy atom. The van der Waals surface area contributed by atoms with Gasteiger partial charge in [0.25, 0.3) is 5.69 Å². The van der Waals surface area contributed by atoms with Crippen LogP contribution in [0.15, 0.2) is 39.4 Å². The van der Waals surface area contributed by atoms with E-state index in [4.69, 9.17) is 4.42 Å². The molecular weight excluding hydrogens is 307 g/mol. The minimum absolute atomic E-state index is 0.147. The predicted molar refractivity (Wildman–Crippen MR) is 66.8 cm³/mol. The normalized spacial score (nSPS) is 10.3. The molecule has 2 aromatic rings. The smallest absolute Gasteiger partial charge is 0.295 e. The molecule has 1 aromatic carbocycles. The van der Waals surface area contributed by atoms with Crippen molar-refractivity contribution in [3.05, 3.63) is 56.7 Å². The van der Waals surface area contributed by atoms with Crippen LogP contribution < -0.4 is 5.32 Å². The zero-order valence-electron chi connectivity index (χ0n) is 9.02. The maximum absolute atomic E-state index is 13.5. The summed E-state index contributed by atoms with van der Waals surface area (Å²) in [4.78, 5) is 10.1. The SMILES string of the molecule is O=[N+]([O-])c1cccc(F)c1NCc1occc1Br. The third-order valence-corrected chi connectivity index (χ3v) is 3.01. The molecule has 2 rings (SSSR count). The minimum atomic E-state index is -0.674. The van der Waals surface area contributed by atoms with E-state index in [9.17, 15) is 14.5 Å². The van der Waals surface area contributed by atoms with Gasteiger partial charge in [0, 0.05) is 6.07 Å². The standard InChI is InChI=1S/C11H8BrFN2O3/c12-7-4-5-18-10(7)6-14-11-8(13)2-1-3-9(11)15(16)17/h1-5,14H,6H2. The van der Waals surface area contributed by atoms with Gasteiger partial charge in [0.2, 0.25) is 0 Å². The molecule has 1 heterocycles. The molecule has 1 N–H and O–H groups in total. The van der Waals surface area contributed by atoms with Gasteiger partial charge in [0.15, 0.2) is 5.82 Å². The fraction of sp³-hybridized carbons (Fsp3) is 0.0909. The molecule has 0 spiro atoms. The molecule has 18 heavy (non-hydrogen) atoms. The van der Waals surface area contributed by atoms with Gasteiger partial charge in [-0.2, -0.15) is 0 Å². The maximum atomic E-state index is 13.5. The van der Waals surface area contributed by atoms with Crippen molar-refractivity contribution in [2.75, 3.05) is 5.32 Å². The summed E-state index contributed by atoms with van der Waals surface area (Å²) >= 11 is 3.24. The lowest BCUT2D eigenvalue weighted by molar-refractivity contribution is -0.384. The van der Waals surface area contributed by atoms with E-state index < -0.39 is 10.7 Å². The highest BCUT2D eigenvalue weighted by atomic mass is 79.9. The molecule has 0 amide bonds. The van der Waals surface area contributed by atoms with E-state index in [1.165, 1.54) is 18.4 Å². The number of para-hydroxylation sites is 1. The van der Waals surface area contributed by atoms with Crippen molar-refractivity contribution in [3.8, 4) is 0 Å². The molecule has 0 aliphatic rings. The third kappa shape index (κ3) is 2.51. The topological polar surface area (TPSA) is 68.3 Å². The van der Waals surface area contributed by atoms with Gasteiger partial charge < -0.3 is 9.73 Å². The number of nitro benzene ring substituents is 1. The second kappa shape index (κ2) is 5.18. The Balaban J connectivity index is 2.24. The first-order chi connectivity index (χ1) is 8.59. The Morgan fingerprint density at radius 2 is 2.22 bits per heavy atom. The van der Waals surface area contributed by atoms with Crippen LogP contribution in [-0.4, -0.2) is 4.92 Å². The van der Waals surface area contributed by atoms with Gasteiger partial charge in [-0.25, -0.2) is 4.39 Å². The summed E-state index contributed by atoms with van der Waals surface area (Å²) in [6.07, 6.45) is 1.47. The van der Waals surface area contributed by atoms with Gasteiger partial charge in [0.05, 0.1) is 22.2 Å². The average molecular weight is 315 g/mol. The predicted octanol–water partition coefficient (Wildman–Crippen LogP) is 3.70. The molecule has 94 valence electrons. The second-order valence-corrected chi connectivity index (χ2v) is 4.29. The number of anilines is 1. The van der Waals surface area contributed by atoms with Crippen LogP contribution in [0.4, 0.5) is 15.8 Å². The van der Waals surface area contributed by atoms with E-state index in [-0.39, 0.29) is 17.9 Å². The summed E-state index contributed by atoms with van der Waals surface area (Å²) in [5.41, 5.74) is -0.455. The summed E-state index contributed by atoms with van der Waals surface area (Å²) < 4.78 is 19.4. The Morgan fingerprint density at radius 3 is 2.83 bits per heavy atom. The van der Waals surface area contributed by atoms with E-state index in [1.54, 1.807) is 6.07 Å². The van der Waals surface area contributed by atoms with E-state index in [0.29, 0.717) is 10.2 Å². The molecule has 0 aliphatic carbocycles. The van der Waals surface area contributed by atoms with Crippen LogP contribution in [0, 0.1) is 15.9 Å². The number of benzene rings is 1. The average Bonchev–Trinajstić information content (AvgIpc) is 2.73. The lowest BCUT2D eigenvalue weighted by atomic mass is 10.2. The zero-order valence-corrected chi connectivity index (χ0v) is 10.6. The van der Waals surface area contributed by atoms with E-state index >= 15 is 0 Å². The molecular formula is C11H8BrFN2O3. The molecule has 0 atom stereocenters. The maximum Gasteiger partial charge on any atom is 0.295 e. The van der Waals surface area contributed by atoms with Gasteiger partial charge in [-0.05, 0) is 28.1 Å². The quantitative estimate of drug-likeness (QED) is 0.690. The zero-order chi connectivity index (χ0) is 13.1. The van der Waals surface area contributed by atoms with E-state index in [0.717, 1.165) is 6.07 Å². The monoisotopic (exact) mass is 314 g/mol. The number of hydrogen-bond donors (Lipinski definition) is 1. The summed E-state index contributed by atoms with van der Waals surface area (Å²) in [6, 6.07) is 5.38. The second-order valence-electron chi connectivity index (χ2n) is 3.44. The number of nitrogens with one attached hydrogen (secondary N) is 1. The van der Waals surface area contributed by atoms with Gasteiger partial charge in [-0.1, -0.05) is 6.07 Å². The van der Waals surface area contributed by atoms with Crippen LogP contribution in [0.5, 0.6) is 0 Å². The molecule has 0 radical (unpaired) electrons. The number of rotatable bonds is 4. The van der Waals surface area contributed by atoms with Crippen molar-refractivity contribution >= 4 is 27.3 Å². The number of furan rings is 1. The first-order valence-corrected chi connectivity index (χ1v) is 5.77. The highest BCUT2D eigenvalue weighted by Gasteiger charge is 2.18. The van der Waals surface area contributed by atoms with E-state index in [2.05, 4.69) is 21.2 Å². The van der Waals surface area contributed by atoms with Crippen LogP contribution in [0.25, 0.3) is 0 Å². The van der Waals surface area contributed by atoms with E-state index in [1.807, 2.05) is 0 Å². The van der Waals surface area contributed by atoms with Crippen molar-refractivity contribution < 1.29 is 13.7 Å². The fourth-order valence-electron chi connectivity index (χ4n) is 1.46. The summed E-state index contributed by atoms with van der Waals surface area (Å²) in [7, 11) is 0. The van der Waals surface area contributed by atoms with Crippen molar-refractivity contribution in [2.45, 2.75) is 6.54 Å². The van der Waals surface area contributed by atoms with Crippen LogP contribution in [0.2, 0.25) is 0 Å². The highest BCUT2D eigenvalue weighted by Crippen LogP contribution is 2.28. The van der Waals surface area contributed by atoms with Crippen molar-refractivity contribution in [2.24, 2.45) is 0 Å². The van der Waals surface area contributed by atoms with Gasteiger partial charge in [0.1, 0.15) is 11.4 Å². The van der Waals surface area contributed by atoms with Crippen molar-refractivity contribution in [1.82, 2.24) is 0 Å². The Bertz CT molecular complexity index is 585. The van der Waals surface area contributed by atoms with Crippen molar-refractivity contribution in [1.29, 1.82) is 0 Å². The summed E-state index contributed by atoms with van der Waals surface area (Å²) in [6.45, 7) is 0.148. The molecule has 0 fully saturated rings. The van der Waals surface area contributed by atoms with Crippen LogP contribution in [0.1, 0.15) is 5.76 Å². The van der Waals surface area contributed by atoms with Crippen LogP contribution in [0.3, 0.4) is 0 Å². The first-order valence-electron chi connectivity index (χ1n) is 4.98. The highest BCUT2D eigenvalue weighted by molar-refractivity contribution is 9.10. The number of hydrogen-bond acceptors (Lipinski definition) is 4. The molecule has 1 aromatic heterocycles. The largest absolute Gasteiger partial charge is 0.466 e. The number of nitro groups is 1. The van der Waals surface area contributed by atoms with Crippen molar-refractivity contribution in [3.63, 3.8) is 0 Å². The lowest BCUT2D eigenvalue weighted by Gasteiger charge is -2.06. The summed E-state index contributed by atoms with van der Waals surface area (Å²) in [5, 5.41) is 13.4. The van der Waals surface area contributed by atoms with Gasteiger partial charge in [-0.15, -0.1) is 0 Å². The molecule has 0 bridgehead atoms. The third-order valence-electron chi connectivity index (χ3n) is 2.31. The fourth-order valence-corrected chi connectivity index (χ4v) is 1.80. The Kier molecular flexibility index (Phi) is 3.61. The molecule has 0 saturated heterocycles. The summed E-state index contributed by atoms with van der Waals surface area (Å²) in [5.74, 6) is -0.139. The lowest BCUT2D eigenvalue weighted by Crippen LogP contribution is -2.04. The molecule has 0 aliphatic heterocycles. The van der Waals surface area contributed by atoms with Crippen LogP contribution in [-0.2, 0) is 6.54 Å². The Labute approximate surface area is 110 Å². The minimum Gasteiger partial charge on any atom is -0.466 e. The number of nitrogens with zero attached hydrogens (tertiary/aromatic N) is 1. The number of halogens is 2. The molecule has 0 saturated carbocycles. The molecule has 7 heteroatoms.